The molecule has 4 heterocycles. The number of rotatable bonds is 6. The van der Waals surface area contributed by atoms with Crippen molar-refractivity contribution in [3.05, 3.63) is 72.1 Å². The molecule has 2 aromatic heterocycles. The van der Waals surface area contributed by atoms with Gasteiger partial charge < -0.3 is 19.9 Å². The highest BCUT2D eigenvalue weighted by Crippen LogP contribution is 2.26. The molecule has 32 heavy (non-hydrogen) atoms. The molecule has 2 unspecified atom stereocenters. The third-order valence-corrected chi connectivity index (χ3v) is 6.57. The van der Waals surface area contributed by atoms with Crippen LogP contribution >= 0.6 is 0 Å². The van der Waals surface area contributed by atoms with Gasteiger partial charge in [-0.05, 0) is 60.9 Å². The third kappa shape index (κ3) is 4.70. The van der Waals surface area contributed by atoms with Gasteiger partial charge in [0.2, 0.25) is 0 Å². The zero-order valence-corrected chi connectivity index (χ0v) is 18.3. The molecule has 0 bridgehead atoms. The van der Waals surface area contributed by atoms with Crippen LogP contribution in [0.1, 0.15) is 49.3 Å². The minimum absolute atomic E-state index is 0.000653. The molecule has 1 aromatic carbocycles. The van der Waals surface area contributed by atoms with Gasteiger partial charge in [0, 0.05) is 37.5 Å². The molecule has 3 aromatic rings. The number of fused-ring (bicyclic) bond motifs is 1. The molecule has 0 radical (unpaired) electrons. The van der Waals surface area contributed by atoms with Gasteiger partial charge in [0.1, 0.15) is 5.65 Å². The summed E-state index contributed by atoms with van der Waals surface area (Å²) in [6.07, 6.45) is 11.3. The fourth-order valence-electron chi connectivity index (χ4n) is 4.70. The highest BCUT2D eigenvalue weighted by atomic mass is 16.5. The van der Waals surface area contributed by atoms with E-state index in [-0.39, 0.29) is 12.1 Å². The summed E-state index contributed by atoms with van der Waals surface area (Å²) in [5.74, 6) is 0. The van der Waals surface area contributed by atoms with Crippen LogP contribution < -0.4 is 5.32 Å². The van der Waals surface area contributed by atoms with Crippen LogP contribution in [0.2, 0.25) is 0 Å². The van der Waals surface area contributed by atoms with E-state index in [1.807, 2.05) is 41.6 Å². The number of pyridine rings is 1. The van der Waals surface area contributed by atoms with Crippen molar-refractivity contribution in [1.82, 2.24) is 20.2 Å². The summed E-state index contributed by atoms with van der Waals surface area (Å²) in [5, 5.41) is 4.40. The Morgan fingerprint density at radius 1 is 1.28 bits per heavy atom. The van der Waals surface area contributed by atoms with Gasteiger partial charge in [-0.1, -0.05) is 36.4 Å². The van der Waals surface area contributed by atoms with Crippen molar-refractivity contribution in [1.29, 1.82) is 0 Å². The first-order valence-corrected chi connectivity index (χ1v) is 11.6. The molecule has 0 spiro atoms. The van der Waals surface area contributed by atoms with Gasteiger partial charge in [0.05, 0.1) is 12.1 Å². The Kier molecular flexibility index (Phi) is 6.21. The normalized spacial score (nSPS) is 19.7. The van der Waals surface area contributed by atoms with E-state index in [0.717, 1.165) is 60.9 Å². The number of urea groups is 1. The summed E-state index contributed by atoms with van der Waals surface area (Å²) in [4.78, 5) is 22.6. The number of aromatic amines is 1. The zero-order chi connectivity index (χ0) is 21.8. The van der Waals surface area contributed by atoms with E-state index in [9.17, 15) is 4.79 Å². The number of carbonyl (C=O) groups excluding carboxylic acids is 1. The SMILES string of the molecule is O=C(NC(CCC1CCCO1)c1ccccc1)N1CC=C(c2cnc3[nH]ccc3c2)CC1. The van der Waals surface area contributed by atoms with E-state index in [1.165, 1.54) is 5.57 Å². The number of aromatic nitrogens is 2. The maximum Gasteiger partial charge on any atom is 0.318 e. The molecule has 1 fully saturated rings. The molecule has 6 heteroatoms. The van der Waals surface area contributed by atoms with Crippen LogP contribution in [0.5, 0.6) is 0 Å². The number of ether oxygens (including phenoxy) is 1. The van der Waals surface area contributed by atoms with E-state index in [1.54, 1.807) is 0 Å². The summed E-state index contributed by atoms with van der Waals surface area (Å²) < 4.78 is 5.80. The lowest BCUT2D eigenvalue weighted by atomic mass is 9.99. The van der Waals surface area contributed by atoms with E-state index >= 15 is 0 Å². The molecule has 6 nitrogen and oxygen atoms in total. The van der Waals surface area contributed by atoms with Crippen LogP contribution in [0.4, 0.5) is 4.79 Å². The first kappa shape index (κ1) is 20.8. The van der Waals surface area contributed by atoms with Crippen LogP contribution in [-0.2, 0) is 4.74 Å². The Morgan fingerprint density at radius 3 is 2.97 bits per heavy atom. The summed E-state index contributed by atoms with van der Waals surface area (Å²) in [6.45, 7) is 2.18. The van der Waals surface area contributed by atoms with Crippen LogP contribution in [0.15, 0.2) is 60.9 Å². The predicted octanol–water partition coefficient (Wildman–Crippen LogP) is 5.06. The Labute approximate surface area is 188 Å². The first-order valence-electron chi connectivity index (χ1n) is 11.6. The van der Waals surface area contributed by atoms with Crippen molar-refractivity contribution in [3.63, 3.8) is 0 Å². The summed E-state index contributed by atoms with van der Waals surface area (Å²) >= 11 is 0. The molecule has 2 atom stereocenters. The second kappa shape index (κ2) is 9.57. The summed E-state index contributed by atoms with van der Waals surface area (Å²) in [6, 6.07) is 14.5. The van der Waals surface area contributed by atoms with Crippen molar-refractivity contribution in [2.75, 3.05) is 19.7 Å². The quantitative estimate of drug-likeness (QED) is 0.574. The minimum atomic E-state index is -0.00141. The number of nitrogens with zero attached hydrogens (tertiary/aromatic N) is 2. The number of nitrogens with one attached hydrogen (secondary N) is 2. The second-order valence-electron chi connectivity index (χ2n) is 8.69. The number of hydrogen-bond donors (Lipinski definition) is 2. The first-order chi connectivity index (χ1) is 15.8. The molecule has 166 valence electrons. The molecule has 2 N–H and O–H groups in total. The van der Waals surface area contributed by atoms with Crippen molar-refractivity contribution >= 4 is 22.6 Å². The second-order valence-corrected chi connectivity index (χ2v) is 8.69. The average molecular weight is 431 g/mol. The number of amides is 2. The van der Waals surface area contributed by atoms with Crippen molar-refractivity contribution in [2.24, 2.45) is 0 Å². The lowest BCUT2D eigenvalue weighted by molar-refractivity contribution is 0.0994. The van der Waals surface area contributed by atoms with Gasteiger partial charge in [-0.25, -0.2) is 9.78 Å². The standard InChI is InChI=1S/C26H30N4O2/c31-26(29-24(20-5-2-1-3-6-20)9-8-23-7-4-16-32-23)30-14-11-19(12-15-30)22-17-21-10-13-27-25(21)28-18-22/h1-3,5-6,10-11,13,17-18,23-24H,4,7-9,12,14-16H2,(H,27,28)(H,29,31). The van der Waals surface area contributed by atoms with E-state index in [0.29, 0.717) is 19.2 Å². The Morgan fingerprint density at radius 2 is 2.19 bits per heavy atom. The minimum Gasteiger partial charge on any atom is -0.378 e. The monoisotopic (exact) mass is 430 g/mol. The van der Waals surface area contributed by atoms with E-state index in [2.05, 4.69) is 39.6 Å². The Balaban J connectivity index is 1.23. The molecule has 0 aliphatic carbocycles. The number of carbonyl (C=O) groups is 1. The fraction of sp³-hybridized carbons (Fsp3) is 0.385. The number of hydrogen-bond acceptors (Lipinski definition) is 3. The van der Waals surface area contributed by atoms with Gasteiger partial charge in [-0.15, -0.1) is 0 Å². The highest BCUT2D eigenvalue weighted by molar-refractivity contribution is 5.81. The number of H-pyrrole nitrogens is 1. The Hall–Kier alpha value is -3.12. The van der Waals surface area contributed by atoms with Crippen LogP contribution in [0.3, 0.4) is 0 Å². The van der Waals surface area contributed by atoms with Gasteiger partial charge in [0.25, 0.3) is 0 Å². The zero-order valence-electron chi connectivity index (χ0n) is 18.3. The van der Waals surface area contributed by atoms with E-state index < -0.39 is 0 Å². The third-order valence-electron chi connectivity index (χ3n) is 6.57. The molecular weight excluding hydrogens is 400 g/mol. The lowest BCUT2D eigenvalue weighted by Gasteiger charge is -2.29. The highest BCUT2D eigenvalue weighted by Gasteiger charge is 2.24. The molecule has 5 rings (SSSR count). The maximum absolute atomic E-state index is 13.1. The molecule has 2 aliphatic rings. The molecule has 1 saturated heterocycles. The van der Waals surface area contributed by atoms with Crippen molar-refractivity contribution in [2.45, 2.75) is 44.2 Å². The van der Waals surface area contributed by atoms with Gasteiger partial charge >= 0.3 is 6.03 Å². The maximum atomic E-state index is 13.1. The smallest absolute Gasteiger partial charge is 0.318 e. The molecule has 0 saturated carbocycles. The van der Waals surface area contributed by atoms with Gasteiger partial charge in [-0.3, -0.25) is 0 Å². The van der Waals surface area contributed by atoms with Gasteiger partial charge in [-0.2, -0.15) is 0 Å². The Bertz CT molecular complexity index is 1090. The van der Waals surface area contributed by atoms with E-state index in [4.69, 9.17) is 4.74 Å². The molecule has 2 amide bonds. The summed E-state index contributed by atoms with van der Waals surface area (Å²) in [5.41, 5.74) is 4.44. The van der Waals surface area contributed by atoms with Crippen LogP contribution in [0.25, 0.3) is 16.6 Å². The van der Waals surface area contributed by atoms with Gasteiger partial charge in [0.15, 0.2) is 0 Å². The fourth-order valence-corrected chi connectivity index (χ4v) is 4.70. The largest absolute Gasteiger partial charge is 0.378 e. The average Bonchev–Trinajstić information content (AvgIpc) is 3.54. The number of benzene rings is 1. The van der Waals surface area contributed by atoms with Crippen LogP contribution in [0, 0.1) is 0 Å². The summed E-state index contributed by atoms with van der Waals surface area (Å²) in [7, 11) is 0. The molecule has 2 aliphatic heterocycles. The molecular formula is C26H30N4O2. The van der Waals surface area contributed by atoms with Crippen molar-refractivity contribution < 1.29 is 9.53 Å². The topological polar surface area (TPSA) is 70.2 Å². The lowest BCUT2D eigenvalue weighted by Crippen LogP contribution is -2.43. The predicted molar refractivity (Wildman–Crippen MR) is 126 cm³/mol. The van der Waals surface area contributed by atoms with Crippen LogP contribution in [-0.4, -0.2) is 46.7 Å². The van der Waals surface area contributed by atoms with Crippen molar-refractivity contribution in [3.8, 4) is 0 Å².